The van der Waals surface area contributed by atoms with Crippen molar-refractivity contribution in [3.05, 3.63) is 45.5 Å². The highest BCUT2D eigenvalue weighted by Crippen LogP contribution is 2.37. The van der Waals surface area contributed by atoms with Gasteiger partial charge in [0.2, 0.25) is 5.95 Å². The summed E-state index contributed by atoms with van der Waals surface area (Å²) in [5, 5.41) is 14.6. The van der Waals surface area contributed by atoms with Gasteiger partial charge in [-0.05, 0) is 34.8 Å². The summed E-state index contributed by atoms with van der Waals surface area (Å²) in [7, 11) is 1.82. The fourth-order valence-corrected chi connectivity index (χ4v) is 3.57. The minimum atomic E-state index is -0.893. The van der Waals surface area contributed by atoms with Crippen molar-refractivity contribution in [2.45, 2.75) is 18.4 Å². The Morgan fingerprint density at radius 1 is 1.30 bits per heavy atom. The third kappa shape index (κ3) is 3.29. The third-order valence-corrected chi connectivity index (χ3v) is 5.13. The van der Waals surface area contributed by atoms with Gasteiger partial charge < -0.3 is 15.3 Å². The van der Waals surface area contributed by atoms with Gasteiger partial charge in [0.25, 0.3) is 0 Å². The number of aliphatic hydroxyl groups is 1. The number of halogens is 2. The highest BCUT2D eigenvalue weighted by Gasteiger charge is 2.36. The minimum absolute atomic E-state index is 0.588. The van der Waals surface area contributed by atoms with Gasteiger partial charge in [0.1, 0.15) is 5.82 Å². The molecule has 3 rings (SSSR count). The van der Waals surface area contributed by atoms with Crippen LogP contribution in [0.3, 0.4) is 0 Å². The first-order valence-corrected chi connectivity index (χ1v) is 8.63. The molecule has 0 spiro atoms. The van der Waals surface area contributed by atoms with Crippen molar-refractivity contribution in [1.29, 1.82) is 0 Å². The lowest BCUT2D eigenvalue weighted by atomic mass is 9.84. The molecular weight excluding hydrogens is 380 g/mol. The van der Waals surface area contributed by atoms with Crippen LogP contribution in [0.15, 0.2) is 34.9 Å². The topological polar surface area (TPSA) is 61.3 Å². The van der Waals surface area contributed by atoms with Gasteiger partial charge in [-0.2, -0.15) is 4.98 Å². The number of rotatable bonds is 3. The second kappa shape index (κ2) is 6.63. The first kappa shape index (κ1) is 16.5. The molecule has 122 valence electrons. The van der Waals surface area contributed by atoms with E-state index in [1.54, 1.807) is 6.20 Å². The van der Waals surface area contributed by atoms with Crippen molar-refractivity contribution < 1.29 is 5.11 Å². The Balaban J connectivity index is 1.77. The van der Waals surface area contributed by atoms with Gasteiger partial charge in [0.15, 0.2) is 0 Å². The van der Waals surface area contributed by atoms with Crippen LogP contribution in [0.5, 0.6) is 0 Å². The molecule has 0 unspecified atom stereocenters. The average Bonchev–Trinajstić information content (AvgIpc) is 2.56. The molecular formula is C16H18BrClN4O. The second-order valence-electron chi connectivity index (χ2n) is 5.62. The summed E-state index contributed by atoms with van der Waals surface area (Å²) in [5.41, 5.74) is -0.0929. The molecule has 0 saturated carbocycles. The fraction of sp³-hybridized carbons (Fsp3) is 0.375. The van der Waals surface area contributed by atoms with Crippen LogP contribution in [0.4, 0.5) is 11.8 Å². The minimum Gasteiger partial charge on any atom is -0.385 e. The Morgan fingerprint density at radius 3 is 2.65 bits per heavy atom. The van der Waals surface area contributed by atoms with E-state index in [2.05, 4.69) is 36.1 Å². The summed E-state index contributed by atoms with van der Waals surface area (Å²) in [5.74, 6) is 1.42. The number of nitrogens with one attached hydrogen (secondary N) is 1. The Kier molecular flexibility index (Phi) is 4.75. The van der Waals surface area contributed by atoms with Crippen LogP contribution in [0, 0.1) is 0 Å². The average molecular weight is 398 g/mol. The van der Waals surface area contributed by atoms with E-state index in [0.29, 0.717) is 36.9 Å². The SMILES string of the molecule is CNc1nc(N2CCC(O)(c3ccccc3Cl)CC2)ncc1Br. The summed E-state index contributed by atoms with van der Waals surface area (Å²) in [4.78, 5) is 11.0. The predicted octanol–water partition coefficient (Wildman–Crippen LogP) is 3.42. The first-order chi connectivity index (χ1) is 11.0. The molecule has 1 fully saturated rings. The summed E-state index contributed by atoms with van der Waals surface area (Å²) in [6.45, 7) is 1.35. The van der Waals surface area contributed by atoms with Crippen molar-refractivity contribution in [3.63, 3.8) is 0 Å². The van der Waals surface area contributed by atoms with E-state index in [1.165, 1.54) is 0 Å². The maximum Gasteiger partial charge on any atom is 0.227 e. The van der Waals surface area contributed by atoms with E-state index in [9.17, 15) is 5.11 Å². The molecule has 7 heteroatoms. The number of benzene rings is 1. The number of nitrogens with zero attached hydrogens (tertiary/aromatic N) is 3. The van der Waals surface area contributed by atoms with Crippen LogP contribution in [0.2, 0.25) is 5.02 Å². The van der Waals surface area contributed by atoms with Gasteiger partial charge in [0, 0.05) is 36.9 Å². The maximum atomic E-state index is 11.0. The fourth-order valence-electron chi connectivity index (χ4n) is 2.87. The largest absolute Gasteiger partial charge is 0.385 e. The molecule has 1 saturated heterocycles. The van der Waals surface area contributed by atoms with Crippen LogP contribution < -0.4 is 10.2 Å². The molecule has 5 nitrogen and oxygen atoms in total. The quantitative estimate of drug-likeness (QED) is 0.831. The van der Waals surface area contributed by atoms with Crippen LogP contribution in [-0.2, 0) is 5.60 Å². The summed E-state index contributed by atoms with van der Waals surface area (Å²) in [6.07, 6.45) is 2.92. The molecule has 1 aliphatic rings. The molecule has 2 heterocycles. The van der Waals surface area contributed by atoms with Crippen LogP contribution in [0.1, 0.15) is 18.4 Å². The van der Waals surface area contributed by atoms with Crippen LogP contribution in [-0.4, -0.2) is 35.2 Å². The van der Waals surface area contributed by atoms with Crippen LogP contribution >= 0.6 is 27.5 Å². The summed E-state index contributed by atoms with van der Waals surface area (Å²) >= 11 is 9.66. The van der Waals surface area contributed by atoms with E-state index in [4.69, 9.17) is 11.6 Å². The van der Waals surface area contributed by atoms with Crippen LogP contribution in [0.25, 0.3) is 0 Å². The molecule has 0 amide bonds. The van der Waals surface area contributed by atoms with Gasteiger partial charge in [-0.15, -0.1) is 0 Å². The molecule has 23 heavy (non-hydrogen) atoms. The zero-order valence-electron chi connectivity index (χ0n) is 12.8. The smallest absolute Gasteiger partial charge is 0.227 e. The molecule has 0 bridgehead atoms. The molecule has 2 aromatic rings. The molecule has 1 aromatic heterocycles. The number of hydrogen-bond acceptors (Lipinski definition) is 5. The zero-order valence-corrected chi connectivity index (χ0v) is 15.1. The van der Waals surface area contributed by atoms with Gasteiger partial charge in [-0.3, -0.25) is 0 Å². The van der Waals surface area contributed by atoms with Crippen molar-refractivity contribution in [2.75, 3.05) is 30.4 Å². The highest BCUT2D eigenvalue weighted by atomic mass is 79.9. The Morgan fingerprint density at radius 2 is 2.00 bits per heavy atom. The lowest BCUT2D eigenvalue weighted by molar-refractivity contribution is 0.0116. The number of hydrogen-bond donors (Lipinski definition) is 2. The first-order valence-electron chi connectivity index (χ1n) is 7.46. The standard InChI is InChI=1S/C16H18BrClN4O/c1-19-14-12(17)10-20-15(21-14)22-8-6-16(23,7-9-22)11-4-2-3-5-13(11)18/h2-5,10,23H,6-9H2,1H3,(H,19,20,21). The van der Waals surface area contributed by atoms with E-state index < -0.39 is 5.60 Å². The Hall–Kier alpha value is -1.37. The van der Waals surface area contributed by atoms with Crippen molar-refractivity contribution in [1.82, 2.24) is 9.97 Å². The van der Waals surface area contributed by atoms with Gasteiger partial charge in [-0.25, -0.2) is 4.98 Å². The maximum absolute atomic E-state index is 11.0. The lowest BCUT2D eigenvalue weighted by Gasteiger charge is -2.39. The Bertz CT molecular complexity index is 704. The third-order valence-electron chi connectivity index (χ3n) is 4.22. The summed E-state index contributed by atoms with van der Waals surface area (Å²) < 4.78 is 0.827. The Labute approximate surface area is 148 Å². The van der Waals surface area contributed by atoms with E-state index in [1.807, 2.05) is 31.3 Å². The van der Waals surface area contributed by atoms with Gasteiger partial charge in [0.05, 0.1) is 10.1 Å². The molecule has 1 aliphatic heterocycles. The van der Waals surface area contributed by atoms with E-state index in [-0.39, 0.29) is 0 Å². The highest BCUT2D eigenvalue weighted by molar-refractivity contribution is 9.10. The van der Waals surface area contributed by atoms with Gasteiger partial charge >= 0.3 is 0 Å². The lowest BCUT2D eigenvalue weighted by Crippen LogP contribution is -2.43. The number of piperidine rings is 1. The number of anilines is 2. The molecule has 0 aliphatic carbocycles. The summed E-state index contributed by atoms with van der Waals surface area (Å²) in [6, 6.07) is 7.49. The zero-order chi connectivity index (χ0) is 16.4. The second-order valence-corrected chi connectivity index (χ2v) is 6.88. The monoisotopic (exact) mass is 396 g/mol. The molecule has 1 aromatic carbocycles. The predicted molar refractivity (Wildman–Crippen MR) is 96.1 cm³/mol. The van der Waals surface area contributed by atoms with Gasteiger partial charge in [-0.1, -0.05) is 29.8 Å². The molecule has 0 atom stereocenters. The number of aromatic nitrogens is 2. The van der Waals surface area contributed by atoms with Crippen molar-refractivity contribution in [3.8, 4) is 0 Å². The molecule has 0 radical (unpaired) electrons. The van der Waals surface area contributed by atoms with Crippen molar-refractivity contribution in [2.24, 2.45) is 0 Å². The normalized spacial score (nSPS) is 17.1. The van der Waals surface area contributed by atoms with E-state index in [0.717, 1.165) is 15.9 Å². The molecule has 2 N–H and O–H groups in total. The van der Waals surface area contributed by atoms with E-state index >= 15 is 0 Å². The van der Waals surface area contributed by atoms with Crippen molar-refractivity contribution >= 4 is 39.3 Å².